The van der Waals surface area contributed by atoms with E-state index in [1.807, 2.05) is 66.4 Å². The molecule has 150 valence electrons. The summed E-state index contributed by atoms with van der Waals surface area (Å²) in [5.74, 6) is -0.551. The number of rotatable bonds is 2. The van der Waals surface area contributed by atoms with Crippen LogP contribution < -0.4 is 5.32 Å². The number of amides is 2. The van der Waals surface area contributed by atoms with Crippen LogP contribution in [0.4, 0.5) is 5.69 Å². The second kappa shape index (κ2) is 7.40. The van der Waals surface area contributed by atoms with Crippen molar-refractivity contribution in [1.29, 1.82) is 0 Å². The zero-order chi connectivity index (χ0) is 20.8. The van der Waals surface area contributed by atoms with E-state index in [2.05, 4.69) is 33.4 Å². The molecule has 3 aromatic carbocycles. The molecule has 2 aliphatic heterocycles. The van der Waals surface area contributed by atoms with Gasteiger partial charge >= 0.3 is 0 Å². The van der Waals surface area contributed by atoms with Gasteiger partial charge in [0.1, 0.15) is 0 Å². The molecule has 0 aromatic heterocycles. The fourth-order valence-electron chi connectivity index (χ4n) is 4.74. The lowest BCUT2D eigenvalue weighted by atomic mass is 9.76. The van der Waals surface area contributed by atoms with Gasteiger partial charge in [0.15, 0.2) is 0 Å². The number of aryl methyl sites for hydroxylation is 1. The van der Waals surface area contributed by atoms with Crippen LogP contribution in [0.2, 0.25) is 0 Å². The molecule has 4 nitrogen and oxygen atoms in total. The molecule has 2 atom stereocenters. The third kappa shape index (κ3) is 3.05. The molecule has 2 amide bonds. The maximum atomic E-state index is 13.7. The molecule has 0 saturated carbocycles. The maximum Gasteiger partial charge on any atom is 0.254 e. The molecule has 1 N–H and O–H groups in total. The minimum Gasteiger partial charge on any atom is -0.330 e. The highest BCUT2D eigenvalue weighted by Gasteiger charge is 2.46. The van der Waals surface area contributed by atoms with Gasteiger partial charge in [0.05, 0.1) is 12.0 Å². The SMILES string of the molecule is Cc1cc(Br)ccc1NC(=O)C1c2ccccc2C(=O)N2CCc3ccccc3C12. The highest BCUT2D eigenvalue weighted by atomic mass is 79.9. The average Bonchev–Trinajstić information content (AvgIpc) is 2.76. The van der Waals surface area contributed by atoms with Crippen molar-refractivity contribution in [2.24, 2.45) is 0 Å². The summed E-state index contributed by atoms with van der Waals surface area (Å²) in [4.78, 5) is 28.8. The Morgan fingerprint density at radius 1 is 1.03 bits per heavy atom. The van der Waals surface area contributed by atoms with E-state index >= 15 is 0 Å². The van der Waals surface area contributed by atoms with Crippen LogP contribution >= 0.6 is 15.9 Å². The Labute approximate surface area is 184 Å². The molecule has 3 aromatic rings. The number of fused-ring (bicyclic) bond motifs is 4. The minimum absolute atomic E-state index is 0.00831. The lowest BCUT2D eigenvalue weighted by Crippen LogP contribution is -2.49. The number of anilines is 1. The van der Waals surface area contributed by atoms with Crippen molar-refractivity contribution < 1.29 is 9.59 Å². The van der Waals surface area contributed by atoms with Gasteiger partial charge in [-0.3, -0.25) is 9.59 Å². The standard InChI is InChI=1S/C25H21BrN2O2/c1-15-14-17(26)10-11-21(15)27-24(29)22-19-8-4-5-9-20(19)25(30)28-13-12-16-6-2-3-7-18(16)23(22)28/h2-11,14,22-23H,12-13H2,1H3,(H,27,29). The van der Waals surface area contributed by atoms with Crippen LogP contribution in [0.1, 0.15) is 44.6 Å². The number of benzene rings is 3. The fourth-order valence-corrected chi connectivity index (χ4v) is 5.21. The molecule has 0 bridgehead atoms. The summed E-state index contributed by atoms with van der Waals surface area (Å²) in [6.45, 7) is 2.59. The normalized spacial score (nSPS) is 19.5. The van der Waals surface area contributed by atoms with E-state index < -0.39 is 5.92 Å². The summed E-state index contributed by atoms with van der Waals surface area (Å²) in [6, 6.07) is 21.2. The van der Waals surface area contributed by atoms with E-state index in [1.54, 1.807) is 0 Å². The van der Waals surface area contributed by atoms with Crippen molar-refractivity contribution in [3.63, 3.8) is 0 Å². The first-order valence-electron chi connectivity index (χ1n) is 10.1. The van der Waals surface area contributed by atoms with Crippen LogP contribution in [0.3, 0.4) is 0 Å². The monoisotopic (exact) mass is 460 g/mol. The van der Waals surface area contributed by atoms with E-state index in [0.717, 1.165) is 33.3 Å². The molecule has 5 rings (SSSR count). The zero-order valence-electron chi connectivity index (χ0n) is 16.6. The highest BCUT2D eigenvalue weighted by Crippen LogP contribution is 2.46. The summed E-state index contributed by atoms with van der Waals surface area (Å²) in [7, 11) is 0. The first-order valence-corrected chi connectivity index (χ1v) is 10.9. The van der Waals surface area contributed by atoms with Gasteiger partial charge in [-0.1, -0.05) is 58.4 Å². The molecular weight excluding hydrogens is 440 g/mol. The van der Waals surface area contributed by atoms with Crippen molar-refractivity contribution in [2.75, 3.05) is 11.9 Å². The Kier molecular flexibility index (Phi) is 4.70. The van der Waals surface area contributed by atoms with E-state index in [4.69, 9.17) is 0 Å². The van der Waals surface area contributed by atoms with Crippen LogP contribution in [0.25, 0.3) is 0 Å². The third-order valence-electron chi connectivity index (χ3n) is 6.16. The van der Waals surface area contributed by atoms with Crippen LogP contribution in [-0.4, -0.2) is 23.3 Å². The van der Waals surface area contributed by atoms with Gasteiger partial charge in [-0.05, 0) is 59.9 Å². The molecule has 0 saturated heterocycles. The number of nitrogens with zero attached hydrogens (tertiary/aromatic N) is 1. The summed E-state index contributed by atoms with van der Waals surface area (Å²) in [6.07, 6.45) is 0.806. The molecule has 0 radical (unpaired) electrons. The van der Waals surface area contributed by atoms with Crippen molar-refractivity contribution >= 4 is 33.4 Å². The van der Waals surface area contributed by atoms with Gasteiger partial charge in [-0.2, -0.15) is 0 Å². The molecule has 5 heteroatoms. The Morgan fingerprint density at radius 2 is 1.77 bits per heavy atom. The summed E-state index contributed by atoms with van der Waals surface area (Å²) in [5.41, 5.74) is 5.48. The quantitative estimate of drug-likeness (QED) is 0.568. The predicted molar refractivity (Wildman–Crippen MR) is 121 cm³/mol. The van der Waals surface area contributed by atoms with Gasteiger partial charge < -0.3 is 10.2 Å². The first-order chi connectivity index (χ1) is 14.5. The average molecular weight is 461 g/mol. The van der Waals surface area contributed by atoms with E-state index in [9.17, 15) is 9.59 Å². The second-order valence-electron chi connectivity index (χ2n) is 7.91. The molecule has 0 aliphatic carbocycles. The van der Waals surface area contributed by atoms with Crippen LogP contribution in [0.5, 0.6) is 0 Å². The largest absolute Gasteiger partial charge is 0.330 e. The lowest BCUT2D eigenvalue weighted by molar-refractivity contribution is -0.119. The van der Waals surface area contributed by atoms with E-state index in [1.165, 1.54) is 5.56 Å². The summed E-state index contributed by atoms with van der Waals surface area (Å²) >= 11 is 3.47. The summed E-state index contributed by atoms with van der Waals surface area (Å²) < 4.78 is 0.971. The summed E-state index contributed by atoms with van der Waals surface area (Å²) in [5, 5.41) is 3.13. The van der Waals surface area contributed by atoms with Gasteiger partial charge in [0.2, 0.25) is 5.91 Å². The molecule has 0 spiro atoms. The van der Waals surface area contributed by atoms with Crippen LogP contribution in [0.15, 0.2) is 71.2 Å². The van der Waals surface area contributed by atoms with E-state index in [-0.39, 0.29) is 17.9 Å². The number of hydrogen-bond donors (Lipinski definition) is 1. The molecule has 30 heavy (non-hydrogen) atoms. The Balaban J connectivity index is 1.63. The predicted octanol–water partition coefficient (Wildman–Crippen LogP) is 5.23. The van der Waals surface area contributed by atoms with E-state index in [0.29, 0.717) is 12.1 Å². The van der Waals surface area contributed by atoms with Crippen molar-refractivity contribution in [2.45, 2.75) is 25.3 Å². The lowest BCUT2D eigenvalue weighted by Gasteiger charge is -2.45. The maximum absolute atomic E-state index is 13.7. The number of halogens is 1. The van der Waals surface area contributed by atoms with Gasteiger partial charge in [-0.25, -0.2) is 0 Å². The molecule has 2 unspecified atom stereocenters. The van der Waals surface area contributed by atoms with Crippen molar-refractivity contribution in [3.8, 4) is 0 Å². The van der Waals surface area contributed by atoms with Crippen LogP contribution in [0, 0.1) is 6.92 Å². The Bertz CT molecular complexity index is 1170. The Morgan fingerprint density at radius 3 is 2.57 bits per heavy atom. The van der Waals surface area contributed by atoms with Crippen molar-refractivity contribution in [3.05, 3.63) is 99.0 Å². The number of nitrogens with one attached hydrogen (secondary N) is 1. The zero-order valence-corrected chi connectivity index (χ0v) is 18.1. The second-order valence-corrected chi connectivity index (χ2v) is 8.82. The third-order valence-corrected chi connectivity index (χ3v) is 6.66. The van der Waals surface area contributed by atoms with Gasteiger partial charge in [0.25, 0.3) is 5.91 Å². The smallest absolute Gasteiger partial charge is 0.254 e. The fraction of sp³-hybridized carbons (Fsp3) is 0.200. The molecular formula is C25H21BrN2O2. The first kappa shape index (κ1) is 19.1. The highest BCUT2D eigenvalue weighted by molar-refractivity contribution is 9.10. The Hall–Kier alpha value is -2.92. The number of carbonyl (C=O) groups is 2. The molecule has 0 fully saturated rings. The van der Waals surface area contributed by atoms with Gasteiger partial charge in [-0.15, -0.1) is 0 Å². The molecule has 2 aliphatic rings. The van der Waals surface area contributed by atoms with Gasteiger partial charge in [0, 0.05) is 22.3 Å². The minimum atomic E-state index is -0.469. The number of carbonyl (C=O) groups excluding carboxylic acids is 2. The molecule has 2 heterocycles. The topological polar surface area (TPSA) is 49.4 Å². The van der Waals surface area contributed by atoms with Crippen molar-refractivity contribution in [1.82, 2.24) is 4.90 Å². The van der Waals surface area contributed by atoms with Crippen LogP contribution in [-0.2, 0) is 11.2 Å². The number of hydrogen-bond acceptors (Lipinski definition) is 2.